The summed E-state index contributed by atoms with van der Waals surface area (Å²) in [6.07, 6.45) is 6.59. The topological polar surface area (TPSA) is 23.5 Å². The number of likely N-dealkylation sites (tertiary alicyclic amines) is 1. The zero-order valence-electron chi connectivity index (χ0n) is 12.3. The van der Waals surface area contributed by atoms with E-state index in [2.05, 4.69) is 25.7 Å². The third-order valence-corrected chi connectivity index (χ3v) is 6.87. The fourth-order valence-corrected chi connectivity index (χ4v) is 5.20. The lowest BCUT2D eigenvalue weighted by molar-refractivity contribution is -0.0196. The highest BCUT2D eigenvalue weighted by molar-refractivity contribution is 5.14. The molecule has 4 unspecified atom stereocenters. The summed E-state index contributed by atoms with van der Waals surface area (Å²) in [5.41, 5.74) is 0.491. The Morgan fingerprint density at radius 3 is 2.33 bits per heavy atom. The van der Waals surface area contributed by atoms with E-state index in [1.54, 1.807) is 0 Å². The molecule has 0 aromatic rings. The maximum atomic E-state index is 10.8. The molecule has 0 amide bonds. The lowest BCUT2D eigenvalue weighted by Crippen LogP contribution is -2.43. The van der Waals surface area contributed by atoms with Crippen LogP contribution in [0.15, 0.2) is 0 Å². The number of fused-ring (bicyclic) bond motifs is 2. The summed E-state index contributed by atoms with van der Waals surface area (Å²) in [4.78, 5) is 2.61. The molecule has 3 fully saturated rings. The molecular formula is C16H29NO. The van der Waals surface area contributed by atoms with Gasteiger partial charge in [-0.1, -0.05) is 27.2 Å². The summed E-state index contributed by atoms with van der Waals surface area (Å²) in [5, 5.41) is 10.8. The van der Waals surface area contributed by atoms with Crippen molar-refractivity contribution in [1.29, 1.82) is 0 Å². The van der Waals surface area contributed by atoms with Crippen molar-refractivity contribution < 1.29 is 5.11 Å². The van der Waals surface area contributed by atoms with Crippen LogP contribution in [-0.2, 0) is 0 Å². The number of nitrogens with zero attached hydrogens (tertiary/aromatic N) is 1. The van der Waals surface area contributed by atoms with Gasteiger partial charge in [-0.05, 0) is 55.5 Å². The SMILES string of the molecule is CC1(C)C2CCC1(C)C(O)C2CN1CCCCC1. The molecule has 18 heavy (non-hydrogen) atoms. The van der Waals surface area contributed by atoms with E-state index in [0.717, 1.165) is 12.5 Å². The van der Waals surface area contributed by atoms with Gasteiger partial charge in [0, 0.05) is 12.5 Å². The minimum absolute atomic E-state index is 0.0758. The Labute approximate surface area is 112 Å². The van der Waals surface area contributed by atoms with Gasteiger partial charge in [0.05, 0.1) is 6.10 Å². The van der Waals surface area contributed by atoms with Crippen molar-refractivity contribution in [3.8, 4) is 0 Å². The van der Waals surface area contributed by atoms with E-state index in [1.165, 1.54) is 45.2 Å². The van der Waals surface area contributed by atoms with Gasteiger partial charge in [-0.2, -0.15) is 0 Å². The van der Waals surface area contributed by atoms with E-state index in [0.29, 0.717) is 11.3 Å². The average molecular weight is 251 g/mol. The molecule has 1 heterocycles. The maximum Gasteiger partial charge on any atom is 0.0642 e. The first-order valence-corrected chi connectivity index (χ1v) is 7.87. The van der Waals surface area contributed by atoms with E-state index < -0.39 is 0 Å². The maximum absolute atomic E-state index is 10.8. The van der Waals surface area contributed by atoms with Crippen LogP contribution < -0.4 is 0 Å². The Hall–Kier alpha value is -0.0800. The smallest absolute Gasteiger partial charge is 0.0642 e. The Morgan fingerprint density at radius 1 is 1.11 bits per heavy atom. The van der Waals surface area contributed by atoms with Crippen molar-refractivity contribution in [2.45, 2.75) is 59.0 Å². The number of hydrogen-bond acceptors (Lipinski definition) is 2. The standard InChI is InChI=1S/C16H29NO/c1-15(2)13-7-8-16(15,3)14(18)12(13)11-17-9-5-4-6-10-17/h12-14,18H,4-11H2,1-3H3. The largest absolute Gasteiger partial charge is 0.392 e. The molecule has 2 bridgehead atoms. The number of aliphatic hydroxyl groups is 1. The molecule has 2 saturated carbocycles. The second-order valence-corrected chi connectivity index (χ2v) is 7.75. The summed E-state index contributed by atoms with van der Waals surface area (Å²) < 4.78 is 0. The highest BCUT2D eigenvalue weighted by Gasteiger charge is 2.65. The van der Waals surface area contributed by atoms with Crippen LogP contribution in [0.25, 0.3) is 0 Å². The second kappa shape index (κ2) is 4.21. The number of aliphatic hydroxyl groups excluding tert-OH is 1. The third kappa shape index (κ3) is 1.61. The van der Waals surface area contributed by atoms with Crippen molar-refractivity contribution in [3.05, 3.63) is 0 Å². The van der Waals surface area contributed by atoms with Gasteiger partial charge in [0.15, 0.2) is 0 Å². The number of hydrogen-bond donors (Lipinski definition) is 1. The van der Waals surface area contributed by atoms with Gasteiger partial charge in [0.25, 0.3) is 0 Å². The molecule has 2 nitrogen and oxygen atoms in total. The lowest BCUT2D eigenvalue weighted by Gasteiger charge is -2.38. The van der Waals surface area contributed by atoms with Crippen LogP contribution in [0.4, 0.5) is 0 Å². The monoisotopic (exact) mass is 251 g/mol. The van der Waals surface area contributed by atoms with Crippen molar-refractivity contribution in [2.24, 2.45) is 22.7 Å². The van der Waals surface area contributed by atoms with E-state index in [-0.39, 0.29) is 11.5 Å². The van der Waals surface area contributed by atoms with Crippen LogP contribution in [-0.4, -0.2) is 35.7 Å². The average Bonchev–Trinajstić information content (AvgIpc) is 2.65. The molecule has 3 rings (SSSR count). The summed E-state index contributed by atoms with van der Waals surface area (Å²) in [5.74, 6) is 1.26. The first kappa shape index (κ1) is 12.9. The molecule has 2 aliphatic carbocycles. The van der Waals surface area contributed by atoms with E-state index in [1.807, 2.05) is 0 Å². The summed E-state index contributed by atoms with van der Waals surface area (Å²) >= 11 is 0. The molecular weight excluding hydrogens is 222 g/mol. The van der Waals surface area contributed by atoms with E-state index in [4.69, 9.17) is 0 Å². The van der Waals surface area contributed by atoms with E-state index in [9.17, 15) is 5.11 Å². The zero-order valence-corrected chi connectivity index (χ0v) is 12.3. The molecule has 3 aliphatic rings. The fraction of sp³-hybridized carbons (Fsp3) is 1.00. The van der Waals surface area contributed by atoms with Crippen molar-refractivity contribution >= 4 is 0 Å². The first-order chi connectivity index (χ1) is 8.47. The summed E-state index contributed by atoms with van der Waals surface area (Å²) in [7, 11) is 0. The molecule has 4 atom stereocenters. The minimum Gasteiger partial charge on any atom is -0.392 e. The zero-order chi connectivity index (χ0) is 13.0. The minimum atomic E-state index is -0.0758. The van der Waals surface area contributed by atoms with E-state index >= 15 is 0 Å². The van der Waals surface area contributed by atoms with Gasteiger partial charge in [-0.15, -0.1) is 0 Å². The van der Waals surface area contributed by atoms with Gasteiger partial charge < -0.3 is 10.0 Å². The number of piperidine rings is 1. The fourth-order valence-electron chi connectivity index (χ4n) is 5.20. The van der Waals surface area contributed by atoms with Crippen molar-refractivity contribution in [2.75, 3.05) is 19.6 Å². The molecule has 2 heteroatoms. The van der Waals surface area contributed by atoms with Gasteiger partial charge in [-0.3, -0.25) is 0 Å². The van der Waals surface area contributed by atoms with Crippen LogP contribution in [0.2, 0.25) is 0 Å². The molecule has 104 valence electrons. The summed E-state index contributed by atoms with van der Waals surface area (Å²) in [6.45, 7) is 10.8. The van der Waals surface area contributed by atoms with Crippen LogP contribution in [0.5, 0.6) is 0 Å². The molecule has 1 saturated heterocycles. The summed E-state index contributed by atoms with van der Waals surface area (Å²) in [6, 6.07) is 0. The molecule has 0 radical (unpaired) electrons. The Balaban J connectivity index is 1.74. The van der Waals surface area contributed by atoms with Crippen LogP contribution in [0, 0.1) is 22.7 Å². The second-order valence-electron chi connectivity index (χ2n) is 7.75. The molecule has 1 aliphatic heterocycles. The first-order valence-electron chi connectivity index (χ1n) is 7.87. The van der Waals surface area contributed by atoms with Crippen LogP contribution in [0.3, 0.4) is 0 Å². The van der Waals surface area contributed by atoms with Gasteiger partial charge in [-0.25, -0.2) is 0 Å². The predicted molar refractivity (Wildman–Crippen MR) is 74.4 cm³/mol. The molecule has 1 N–H and O–H groups in total. The number of rotatable bonds is 2. The highest BCUT2D eigenvalue weighted by atomic mass is 16.3. The lowest BCUT2D eigenvalue weighted by atomic mass is 9.70. The predicted octanol–water partition coefficient (Wildman–Crippen LogP) is 2.91. The Kier molecular flexibility index (Phi) is 3.02. The van der Waals surface area contributed by atoms with Crippen LogP contribution >= 0.6 is 0 Å². The third-order valence-electron chi connectivity index (χ3n) is 6.87. The Bertz CT molecular complexity index is 321. The van der Waals surface area contributed by atoms with Gasteiger partial charge >= 0.3 is 0 Å². The molecule has 0 aromatic carbocycles. The van der Waals surface area contributed by atoms with Gasteiger partial charge in [0.2, 0.25) is 0 Å². The van der Waals surface area contributed by atoms with Crippen molar-refractivity contribution in [1.82, 2.24) is 4.90 Å². The quantitative estimate of drug-likeness (QED) is 0.815. The Morgan fingerprint density at radius 2 is 1.78 bits per heavy atom. The normalized spacial score (nSPS) is 47.7. The molecule has 0 aromatic heterocycles. The highest BCUT2D eigenvalue weighted by Crippen LogP contribution is 2.67. The molecule has 0 spiro atoms. The van der Waals surface area contributed by atoms with Crippen LogP contribution in [0.1, 0.15) is 52.9 Å². The van der Waals surface area contributed by atoms with Gasteiger partial charge in [0.1, 0.15) is 0 Å². The van der Waals surface area contributed by atoms with Crippen molar-refractivity contribution in [3.63, 3.8) is 0 Å².